The molecule has 0 bridgehead atoms. The molecule has 3 aromatic carbocycles. The molecule has 2 N–H and O–H groups in total. The summed E-state index contributed by atoms with van der Waals surface area (Å²) in [5, 5.41) is 16.4. The molecule has 172 valence electrons. The third kappa shape index (κ3) is 5.32. The van der Waals surface area contributed by atoms with E-state index in [2.05, 4.69) is 27.4 Å². The van der Waals surface area contributed by atoms with E-state index in [1.807, 2.05) is 42.5 Å². The number of benzene rings is 3. The Balaban J connectivity index is 1.40. The van der Waals surface area contributed by atoms with Crippen molar-refractivity contribution in [1.29, 1.82) is 0 Å². The monoisotopic (exact) mass is 475 g/mol. The highest BCUT2D eigenvalue weighted by atomic mass is 32.2. The molecule has 0 aliphatic carbocycles. The number of rotatable bonds is 9. The SMILES string of the molecule is C=CCn1c(CNC(=O)c2ccccc2F)nnc1SCC(=O)Nc1cccc2ccccc12. The fourth-order valence-corrected chi connectivity index (χ4v) is 4.19. The Bertz CT molecular complexity index is 1350. The number of anilines is 1. The number of halogens is 1. The Kier molecular flexibility index (Phi) is 7.34. The molecule has 1 heterocycles. The Morgan fingerprint density at radius 2 is 1.79 bits per heavy atom. The molecule has 0 saturated heterocycles. The summed E-state index contributed by atoms with van der Waals surface area (Å²) in [6.07, 6.45) is 1.67. The number of carbonyl (C=O) groups is 2. The van der Waals surface area contributed by atoms with Crippen LogP contribution in [0.5, 0.6) is 0 Å². The number of amides is 2. The summed E-state index contributed by atoms with van der Waals surface area (Å²) in [4.78, 5) is 24.9. The van der Waals surface area contributed by atoms with Crippen molar-refractivity contribution in [3.05, 3.63) is 96.6 Å². The van der Waals surface area contributed by atoms with E-state index in [1.165, 1.54) is 30.0 Å². The molecule has 0 fully saturated rings. The predicted octanol–water partition coefficient (Wildman–Crippen LogP) is 4.42. The smallest absolute Gasteiger partial charge is 0.254 e. The molecular formula is C25H22FN5O2S. The van der Waals surface area contributed by atoms with Gasteiger partial charge in [-0.15, -0.1) is 16.8 Å². The van der Waals surface area contributed by atoms with E-state index in [4.69, 9.17) is 0 Å². The zero-order valence-electron chi connectivity index (χ0n) is 18.2. The van der Waals surface area contributed by atoms with Crippen molar-refractivity contribution < 1.29 is 14.0 Å². The second-order valence-corrected chi connectivity index (χ2v) is 8.27. The number of fused-ring (bicyclic) bond motifs is 1. The van der Waals surface area contributed by atoms with Gasteiger partial charge in [-0.05, 0) is 23.6 Å². The lowest BCUT2D eigenvalue weighted by Crippen LogP contribution is -2.25. The minimum atomic E-state index is -0.596. The number of nitrogens with zero attached hydrogens (tertiary/aromatic N) is 3. The van der Waals surface area contributed by atoms with Crippen LogP contribution in [0.3, 0.4) is 0 Å². The highest BCUT2D eigenvalue weighted by Gasteiger charge is 2.16. The first-order valence-electron chi connectivity index (χ1n) is 10.5. The molecule has 4 rings (SSSR count). The van der Waals surface area contributed by atoms with Crippen LogP contribution < -0.4 is 10.6 Å². The molecule has 9 heteroatoms. The Hall–Kier alpha value is -3.98. The summed E-state index contributed by atoms with van der Waals surface area (Å²) in [6.45, 7) is 4.20. The van der Waals surface area contributed by atoms with Gasteiger partial charge in [0.15, 0.2) is 11.0 Å². The van der Waals surface area contributed by atoms with Gasteiger partial charge in [-0.25, -0.2) is 4.39 Å². The molecule has 0 unspecified atom stereocenters. The molecule has 1 aromatic heterocycles. The third-order valence-corrected chi connectivity index (χ3v) is 5.99. The van der Waals surface area contributed by atoms with E-state index in [0.717, 1.165) is 16.5 Å². The van der Waals surface area contributed by atoms with Crippen LogP contribution in [0, 0.1) is 5.82 Å². The van der Waals surface area contributed by atoms with Crippen molar-refractivity contribution in [2.24, 2.45) is 0 Å². The van der Waals surface area contributed by atoms with Gasteiger partial charge in [-0.2, -0.15) is 0 Å². The second-order valence-electron chi connectivity index (χ2n) is 7.32. The minimum Gasteiger partial charge on any atom is -0.345 e. The van der Waals surface area contributed by atoms with E-state index in [9.17, 15) is 14.0 Å². The van der Waals surface area contributed by atoms with E-state index in [1.54, 1.807) is 16.7 Å². The van der Waals surface area contributed by atoms with Crippen LogP contribution >= 0.6 is 11.8 Å². The van der Waals surface area contributed by atoms with Crippen molar-refractivity contribution in [2.45, 2.75) is 18.2 Å². The van der Waals surface area contributed by atoms with Crippen molar-refractivity contribution in [2.75, 3.05) is 11.1 Å². The maximum atomic E-state index is 13.8. The number of aromatic nitrogens is 3. The third-order valence-electron chi connectivity index (χ3n) is 5.03. The molecule has 4 aromatic rings. The van der Waals surface area contributed by atoms with Gasteiger partial charge in [0.2, 0.25) is 5.91 Å². The summed E-state index contributed by atoms with van der Waals surface area (Å²) in [6, 6.07) is 19.3. The normalized spacial score (nSPS) is 10.7. The number of allylic oxidation sites excluding steroid dienone is 1. The van der Waals surface area contributed by atoms with Gasteiger partial charge in [0.05, 0.1) is 17.9 Å². The van der Waals surface area contributed by atoms with Gasteiger partial charge >= 0.3 is 0 Å². The molecular weight excluding hydrogens is 453 g/mol. The van der Waals surface area contributed by atoms with Crippen LogP contribution in [0.25, 0.3) is 10.8 Å². The van der Waals surface area contributed by atoms with Crippen LogP contribution in [0.2, 0.25) is 0 Å². The van der Waals surface area contributed by atoms with E-state index in [-0.39, 0.29) is 23.8 Å². The number of hydrogen-bond acceptors (Lipinski definition) is 5. The zero-order chi connectivity index (χ0) is 23.9. The lowest BCUT2D eigenvalue weighted by molar-refractivity contribution is -0.113. The first-order valence-corrected chi connectivity index (χ1v) is 11.5. The molecule has 0 radical (unpaired) electrons. The second kappa shape index (κ2) is 10.8. The van der Waals surface area contributed by atoms with Crippen LogP contribution in [-0.4, -0.2) is 32.3 Å². The topological polar surface area (TPSA) is 88.9 Å². The molecule has 34 heavy (non-hydrogen) atoms. The molecule has 2 amide bonds. The molecule has 0 saturated carbocycles. The lowest BCUT2D eigenvalue weighted by atomic mass is 10.1. The summed E-state index contributed by atoms with van der Waals surface area (Å²) < 4.78 is 15.6. The summed E-state index contributed by atoms with van der Waals surface area (Å²) in [5.74, 6) is -0.721. The Morgan fingerprint density at radius 3 is 2.62 bits per heavy atom. The van der Waals surface area contributed by atoms with Gasteiger partial charge in [0, 0.05) is 17.6 Å². The largest absolute Gasteiger partial charge is 0.345 e. The van der Waals surface area contributed by atoms with Gasteiger partial charge < -0.3 is 15.2 Å². The first-order chi connectivity index (χ1) is 16.6. The predicted molar refractivity (Wildman–Crippen MR) is 131 cm³/mol. The van der Waals surface area contributed by atoms with Crippen molar-refractivity contribution in [3.8, 4) is 0 Å². The van der Waals surface area contributed by atoms with E-state index in [0.29, 0.717) is 17.5 Å². The van der Waals surface area contributed by atoms with Crippen molar-refractivity contribution in [3.63, 3.8) is 0 Å². The van der Waals surface area contributed by atoms with Gasteiger partial charge in [-0.3, -0.25) is 9.59 Å². The van der Waals surface area contributed by atoms with E-state index >= 15 is 0 Å². The summed E-state index contributed by atoms with van der Waals surface area (Å²) in [7, 11) is 0. The fourth-order valence-electron chi connectivity index (χ4n) is 3.42. The summed E-state index contributed by atoms with van der Waals surface area (Å²) >= 11 is 1.23. The number of nitrogens with one attached hydrogen (secondary N) is 2. The van der Waals surface area contributed by atoms with Crippen molar-refractivity contribution in [1.82, 2.24) is 20.1 Å². The molecule has 0 aliphatic rings. The Morgan fingerprint density at radius 1 is 1.03 bits per heavy atom. The Labute approximate surface area is 200 Å². The quantitative estimate of drug-likeness (QED) is 0.276. The van der Waals surface area contributed by atoms with Crippen LogP contribution in [0.15, 0.2) is 84.5 Å². The van der Waals surface area contributed by atoms with Gasteiger partial charge in [0.25, 0.3) is 5.91 Å². The maximum absolute atomic E-state index is 13.8. The van der Waals surface area contributed by atoms with Gasteiger partial charge in [0.1, 0.15) is 5.82 Å². The van der Waals surface area contributed by atoms with Crippen molar-refractivity contribution >= 4 is 40.0 Å². The molecule has 0 atom stereocenters. The first kappa shape index (κ1) is 23.2. The van der Waals surface area contributed by atoms with Crippen LogP contribution in [0.4, 0.5) is 10.1 Å². The zero-order valence-corrected chi connectivity index (χ0v) is 19.0. The van der Waals surface area contributed by atoms with E-state index < -0.39 is 11.7 Å². The number of hydrogen-bond donors (Lipinski definition) is 2. The lowest BCUT2D eigenvalue weighted by Gasteiger charge is -2.10. The minimum absolute atomic E-state index is 0.0445. The number of thioether (sulfide) groups is 1. The van der Waals surface area contributed by atoms with Gasteiger partial charge in [-0.1, -0.05) is 66.4 Å². The molecule has 0 aliphatic heterocycles. The average molecular weight is 476 g/mol. The van der Waals surface area contributed by atoms with Crippen LogP contribution in [0.1, 0.15) is 16.2 Å². The highest BCUT2D eigenvalue weighted by Crippen LogP contribution is 2.24. The average Bonchev–Trinajstić information content (AvgIpc) is 3.23. The fraction of sp³-hybridized carbons (Fsp3) is 0.120. The van der Waals surface area contributed by atoms with Crippen LogP contribution in [-0.2, 0) is 17.9 Å². The highest BCUT2D eigenvalue weighted by molar-refractivity contribution is 7.99. The molecule has 0 spiro atoms. The standard InChI is InChI=1S/C25H22FN5O2S/c1-2-14-31-22(15-27-24(33)19-11-5-6-12-20(19)26)29-30-25(31)34-16-23(32)28-21-13-7-9-17-8-3-4-10-18(17)21/h2-13H,1,14-16H2,(H,27,33)(H,28,32). The maximum Gasteiger partial charge on any atom is 0.254 e. The number of carbonyl (C=O) groups excluding carboxylic acids is 2. The summed E-state index contributed by atoms with van der Waals surface area (Å²) in [5.41, 5.74) is 0.699. The molecule has 7 nitrogen and oxygen atoms in total.